The predicted molar refractivity (Wildman–Crippen MR) is 130 cm³/mol. The molecule has 0 unspecified atom stereocenters. The van der Waals surface area contributed by atoms with Crippen LogP contribution in [0.25, 0.3) is 11.3 Å². The highest BCUT2D eigenvalue weighted by Gasteiger charge is 2.14. The maximum Gasteiger partial charge on any atom is 0.336 e. The maximum absolute atomic E-state index is 11.5. The summed E-state index contributed by atoms with van der Waals surface area (Å²) in [5.74, 6) is -0.938. The van der Waals surface area contributed by atoms with E-state index in [1.807, 2.05) is 29.7 Å². The van der Waals surface area contributed by atoms with E-state index < -0.39 is 5.97 Å². The number of rotatable bonds is 7. The zero-order valence-corrected chi connectivity index (χ0v) is 20.1. The third-order valence-electron chi connectivity index (χ3n) is 4.87. The number of nitrogens with zero attached hydrogens (tertiary/aromatic N) is 3. The van der Waals surface area contributed by atoms with Gasteiger partial charge in [-0.2, -0.15) is 0 Å². The second-order valence-electron chi connectivity index (χ2n) is 7.04. The molecule has 0 atom stereocenters. The van der Waals surface area contributed by atoms with Crippen LogP contribution in [-0.2, 0) is 6.42 Å². The van der Waals surface area contributed by atoms with Gasteiger partial charge in [0.1, 0.15) is 0 Å². The normalized spacial score (nSPS) is 10.8. The Morgan fingerprint density at radius 2 is 1.97 bits per heavy atom. The van der Waals surface area contributed by atoms with E-state index >= 15 is 0 Å². The molecule has 0 spiro atoms. The van der Waals surface area contributed by atoms with Gasteiger partial charge in [0.2, 0.25) is 0 Å². The number of thiazole rings is 1. The zero-order valence-electron chi connectivity index (χ0n) is 17.5. The van der Waals surface area contributed by atoms with Gasteiger partial charge in [0.25, 0.3) is 0 Å². The van der Waals surface area contributed by atoms with Gasteiger partial charge in [-0.15, -0.1) is 28.3 Å². The molecule has 158 valence electrons. The quantitative estimate of drug-likeness (QED) is 0.332. The van der Waals surface area contributed by atoms with Gasteiger partial charge in [-0.3, -0.25) is 0 Å². The van der Waals surface area contributed by atoms with Crippen LogP contribution < -0.4 is 0 Å². The number of aliphatic imine (C=N–C) groups is 1. The third kappa shape index (κ3) is 5.55. The van der Waals surface area contributed by atoms with Crippen molar-refractivity contribution in [1.29, 1.82) is 0 Å². The number of aromatic nitrogens is 1. The van der Waals surface area contributed by atoms with Crippen LogP contribution in [0.2, 0.25) is 0 Å². The van der Waals surface area contributed by atoms with E-state index in [9.17, 15) is 9.90 Å². The molecule has 0 aliphatic heterocycles. The number of halogens is 1. The molecule has 7 heteroatoms. The number of carbonyl (C=O) groups is 1. The van der Waals surface area contributed by atoms with Crippen molar-refractivity contribution in [3.8, 4) is 11.3 Å². The van der Waals surface area contributed by atoms with Crippen molar-refractivity contribution < 1.29 is 9.90 Å². The summed E-state index contributed by atoms with van der Waals surface area (Å²) >= 11 is 1.56. The topological polar surface area (TPSA) is 65.8 Å². The van der Waals surface area contributed by atoms with E-state index in [0.717, 1.165) is 22.8 Å². The van der Waals surface area contributed by atoms with Crippen LogP contribution in [0, 0.1) is 13.8 Å². The Morgan fingerprint density at radius 3 is 2.67 bits per heavy atom. The molecule has 0 saturated heterocycles. The van der Waals surface area contributed by atoms with Crippen LogP contribution in [0.15, 0.2) is 46.8 Å². The van der Waals surface area contributed by atoms with Gasteiger partial charge >= 0.3 is 5.97 Å². The monoisotopic (exact) mass is 487 g/mol. The van der Waals surface area contributed by atoms with E-state index in [1.54, 1.807) is 29.5 Å². The van der Waals surface area contributed by atoms with Crippen molar-refractivity contribution in [3.05, 3.63) is 69.0 Å². The summed E-state index contributed by atoms with van der Waals surface area (Å²) in [6, 6.07) is 11.3. The first-order chi connectivity index (χ1) is 13.9. The molecule has 2 aromatic carbocycles. The predicted octanol–water partition coefficient (Wildman–Crippen LogP) is 5.91. The van der Waals surface area contributed by atoms with Gasteiger partial charge < -0.3 is 10.0 Å². The lowest BCUT2D eigenvalue weighted by molar-refractivity contribution is 0.0697. The standard InChI is InChI=1S/C23H25N3O2S.BrH/c1-5-26(4)14-24-20-11-15(2)17(10-16(20)3)12-22-25-21(13-29-22)18-8-6-7-9-19(18)23(27)28;/h6-11,13-14H,5,12H2,1-4H3,(H,27,28);1H/b24-14+;. The Labute approximate surface area is 191 Å². The van der Waals surface area contributed by atoms with Crippen LogP contribution in [0.3, 0.4) is 0 Å². The van der Waals surface area contributed by atoms with Crippen molar-refractivity contribution in [2.45, 2.75) is 27.2 Å². The molecule has 0 saturated carbocycles. The van der Waals surface area contributed by atoms with E-state index in [0.29, 0.717) is 17.7 Å². The molecule has 1 aromatic heterocycles. The Hall–Kier alpha value is -2.51. The minimum atomic E-state index is -0.938. The number of aromatic carboxylic acids is 1. The van der Waals surface area contributed by atoms with Crippen LogP contribution in [0.1, 0.15) is 39.0 Å². The lowest BCUT2D eigenvalue weighted by Gasteiger charge is -2.11. The molecule has 0 amide bonds. The minimum Gasteiger partial charge on any atom is -0.478 e. The highest BCUT2D eigenvalue weighted by atomic mass is 79.9. The summed E-state index contributed by atoms with van der Waals surface area (Å²) in [5, 5.41) is 12.3. The number of carboxylic acids is 1. The highest BCUT2D eigenvalue weighted by molar-refractivity contribution is 8.93. The van der Waals surface area contributed by atoms with Crippen LogP contribution >= 0.6 is 28.3 Å². The summed E-state index contributed by atoms with van der Waals surface area (Å²) < 4.78 is 0. The lowest BCUT2D eigenvalue weighted by Crippen LogP contribution is -2.14. The summed E-state index contributed by atoms with van der Waals surface area (Å²) in [6.45, 7) is 7.16. The SMILES string of the molecule is Br.CCN(C)/C=N/c1cc(C)c(Cc2nc(-c3ccccc3C(=O)O)cs2)cc1C. The molecule has 1 N–H and O–H groups in total. The van der Waals surface area contributed by atoms with E-state index in [4.69, 9.17) is 4.98 Å². The smallest absolute Gasteiger partial charge is 0.336 e. The zero-order chi connectivity index (χ0) is 21.0. The van der Waals surface area contributed by atoms with Crippen LogP contribution in [0.5, 0.6) is 0 Å². The fourth-order valence-corrected chi connectivity index (χ4v) is 3.82. The molecule has 5 nitrogen and oxygen atoms in total. The molecule has 3 rings (SSSR count). The molecule has 30 heavy (non-hydrogen) atoms. The van der Waals surface area contributed by atoms with Crippen molar-refractivity contribution in [2.75, 3.05) is 13.6 Å². The van der Waals surface area contributed by atoms with Gasteiger partial charge in [-0.05, 0) is 49.6 Å². The minimum absolute atomic E-state index is 0. The Bertz CT molecular complexity index is 1060. The van der Waals surface area contributed by atoms with Crippen molar-refractivity contribution in [1.82, 2.24) is 9.88 Å². The number of benzene rings is 2. The molecule has 0 aliphatic carbocycles. The van der Waals surface area contributed by atoms with E-state index in [2.05, 4.69) is 37.9 Å². The summed E-state index contributed by atoms with van der Waals surface area (Å²) in [5.41, 5.74) is 6.11. The van der Waals surface area contributed by atoms with Crippen molar-refractivity contribution >= 4 is 46.3 Å². The molecule has 3 aromatic rings. The molecular weight excluding hydrogens is 462 g/mol. The Morgan fingerprint density at radius 1 is 1.23 bits per heavy atom. The van der Waals surface area contributed by atoms with Gasteiger partial charge in [-0.25, -0.2) is 14.8 Å². The van der Waals surface area contributed by atoms with Gasteiger partial charge in [0.15, 0.2) is 0 Å². The molecular formula is C23H26BrN3O2S. The number of carboxylic acid groups (broad SMARTS) is 1. The third-order valence-corrected chi connectivity index (χ3v) is 5.72. The first kappa shape index (κ1) is 23.8. The molecule has 1 heterocycles. The highest BCUT2D eigenvalue weighted by Crippen LogP contribution is 2.29. The average Bonchev–Trinajstić information content (AvgIpc) is 3.17. The van der Waals surface area contributed by atoms with Crippen LogP contribution in [0.4, 0.5) is 5.69 Å². The second kappa shape index (κ2) is 10.5. The summed E-state index contributed by atoms with van der Waals surface area (Å²) in [7, 11) is 2.00. The van der Waals surface area contributed by atoms with Crippen LogP contribution in [-0.4, -0.2) is 40.9 Å². The molecule has 0 bridgehead atoms. The first-order valence-corrected chi connectivity index (χ1v) is 10.4. The van der Waals surface area contributed by atoms with Gasteiger partial charge in [0.05, 0.1) is 28.3 Å². The fraction of sp³-hybridized carbons (Fsp3) is 0.261. The van der Waals surface area contributed by atoms with E-state index in [1.165, 1.54) is 11.1 Å². The Balaban J connectivity index is 0.00000320. The van der Waals surface area contributed by atoms with Crippen molar-refractivity contribution in [3.63, 3.8) is 0 Å². The molecule has 0 aliphatic rings. The number of hydrogen-bond acceptors (Lipinski definition) is 4. The Kier molecular flexibility index (Phi) is 8.32. The van der Waals surface area contributed by atoms with E-state index in [-0.39, 0.29) is 22.5 Å². The van der Waals surface area contributed by atoms with Gasteiger partial charge in [-0.1, -0.05) is 24.3 Å². The number of hydrogen-bond donors (Lipinski definition) is 1. The fourth-order valence-electron chi connectivity index (χ4n) is 3.00. The largest absolute Gasteiger partial charge is 0.478 e. The summed E-state index contributed by atoms with van der Waals surface area (Å²) in [6.07, 6.45) is 2.57. The maximum atomic E-state index is 11.5. The molecule has 0 fully saturated rings. The van der Waals surface area contributed by atoms with Gasteiger partial charge in [0, 0.05) is 31.0 Å². The van der Waals surface area contributed by atoms with Crippen molar-refractivity contribution in [2.24, 2.45) is 4.99 Å². The number of aryl methyl sites for hydroxylation is 2. The second-order valence-corrected chi connectivity index (χ2v) is 7.98. The first-order valence-electron chi connectivity index (χ1n) is 9.50. The lowest BCUT2D eigenvalue weighted by atomic mass is 10.0. The molecule has 0 radical (unpaired) electrons. The summed E-state index contributed by atoms with van der Waals surface area (Å²) in [4.78, 5) is 22.8. The average molecular weight is 488 g/mol.